The number of amides is 1. The van der Waals surface area contributed by atoms with Crippen molar-refractivity contribution < 1.29 is 13.2 Å². The van der Waals surface area contributed by atoms with Gasteiger partial charge in [-0.25, -0.2) is 8.42 Å². The first kappa shape index (κ1) is 18.2. The molecule has 128 valence electrons. The van der Waals surface area contributed by atoms with Crippen molar-refractivity contribution in [3.05, 3.63) is 65.2 Å². The van der Waals surface area contributed by atoms with Crippen LogP contribution < -0.4 is 5.73 Å². The van der Waals surface area contributed by atoms with Crippen LogP contribution in [0.2, 0.25) is 0 Å². The maximum Gasteiger partial charge on any atom is 0.243 e. The molecule has 0 heterocycles. The van der Waals surface area contributed by atoms with Crippen molar-refractivity contribution in [2.24, 2.45) is 5.73 Å². The number of benzene rings is 2. The molecule has 2 rings (SSSR count). The molecule has 0 aliphatic carbocycles. The van der Waals surface area contributed by atoms with Crippen LogP contribution >= 0.6 is 0 Å². The minimum Gasteiger partial charge on any atom is -0.370 e. The van der Waals surface area contributed by atoms with E-state index < -0.39 is 15.9 Å². The van der Waals surface area contributed by atoms with Gasteiger partial charge < -0.3 is 5.73 Å². The van der Waals surface area contributed by atoms with Gasteiger partial charge in [-0.3, -0.25) is 4.79 Å². The van der Waals surface area contributed by atoms with E-state index in [0.29, 0.717) is 0 Å². The van der Waals surface area contributed by atoms with Crippen LogP contribution in [0.1, 0.15) is 23.1 Å². The largest absolute Gasteiger partial charge is 0.370 e. The summed E-state index contributed by atoms with van der Waals surface area (Å²) >= 11 is 0. The molecule has 0 unspecified atom stereocenters. The van der Waals surface area contributed by atoms with Gasteiger partial charge in [0.15, 0.2) is 0 Å². The fourth-order valence-corrected chi connectivity index (χ4v) is 3.84. The Balaban J connectivity index is 2.36. The van der Waals surface area contributed by atoms with E-state index in [0.717, 1.165) is 16.7 Å². The second-order valence-electron chi connectivity index (χ2n) is 5.79. The first-order valence-electron chi connectivity index (χ1n) is 7.70. The number of carbonyl (C=O) groups is 1. The van der Waals surface area contributed by atoms with Gasteiger partial charge in [0.2, 0.25) is 15.9 Å². The van der Waals surface area contributed by atoms with Gasteiger partial charge in [0.25, 0.3) is 0 Å². The van der Waals surface area contributed by atoms with Crippen molar-refractivity contribution in [1.29, 1.82) is 0 Å². The standard InChI is InChI=1S/C18H22N2O3S/c1-14-8-9-17(12-15(14)2)24(22,23)20(11-10-18(19)21)13-16-6-4-3-5-7-16/h3-9,12H,10-11,13H2,1-2H3,(H2,19,21). The first-order chi connectivity index (χ1) is 11.3. The molecule has 0 bridgehead atoms. The van der Waals surface area contributed by atoms with E-state index in [2.05, 4.69) is 0 Å². The number of carbonyl (C=O) groups excluding carboxylic acids is 1. The van der Waals surface area contributed by atoms with Crippen molar-refractivity contribution in [3.63, 3.8) is 0 Å². The molecule has 2 N–H and O–H groups in total. The third kappa shape index (κ3) is 4.43. The van der Waals surface area contributed by atoms with Crippen molar-refractivity contribution in [2.45, 2.75) is 31.7 Å². The molecule has 0 aromatic heterocycles. The van der Waals surface area contributed by atoms with Crippen LogP contribution in [0.3, 0.4) is 0 Å². The van der Waals surface area contributed by atoms with Crippen molar-refractivity contribution in [2.75, 3.05) is 6.54 Å². The third-order valence-corrected chi connectivity index (χ3v) is 5.77. The Morgan fingerprint density at radius 1 is 1.04 bits per heavy atom. The average molecular weight is 346 g/mol. The normalized spacial score (nSPS) is 11.6. The van der Waals surface area contributed by atoms with Crippen LogP contribution in [0, 0.1) is 13.8 Å². The Labute approximate surface area is 143 Å². The Hall–Kier alpha value is -2.18. The van der Waals surface area contributed by atoms with Crippen molar-refractivity contribution in [1.82, 2.24) is 4.31 Å². The summed E-state index contributed by atoms with van der Waals surface area (Å²) in [6.45, 7) is 4.06. The van der Waals surface area contributed by atoms with Gasteiger partial charge in [0.05, 0.1) is 4.90 Å². The van der Waals surface area contributed by atoms with Crippen LogP contribution in [0.15, 0.2) is 53.4 Å². The Bertz CT molecular complexity index is 817. The highest BCUT2D eigenvalue weighted by atomic mass is 32.2. The summed E-state index contributed by atoms with van der Waals surface area (Å²) < 4.78 is 27.3. The summed E-state index contributed by atoms with van der Waals surface area (Å²) in [4.78, 5) is 11.3. The molecule has 2 aromatic carbocycles. The monoisotopic (exact) mass is 346 g/mol. The summed E-state index contributed by atoms with van der Waals surface area (Å²) in [6.07, 6.45) is -0.0170. The number of nitrogens with two attached hydrogens (primary N) is 1. The highest BCUT2D eigenvalue weighted by Gasteiger charge is 2.25. The predicted octanol–water partition coefficient (Wildman–Crippen LogP) is 2.37. The summed E-state index contributed by atoms with van der Waals surface area (Å²) in [7, 11) is -3.71. The van der Waals surface area contributed by atoms with E-state index >= 15 is 0 Å². The molecular formula is C18H22N2O3S. The van der Waals surface area contributed by atoms with Gasteiger partial charge in [-0.05, 0) is 42.7 Å². The molecular weight excluding hydrogens is 324 g/mol. The van der Waals surface area contributed by atoms with Gasteiger partial charge in [-0.1, -0.05) is 36.4 Å². The van der Waals surface area contributed by atoms with Gasteiger partial charge in [-0.15, -0.1) is 0 Å². The zero-order chi connectivity index (χ0) is 17.7. The van der Waals surface area contributed by atoms with Crippen molar-refractivity contribution >= 4 is 15.9 Å². The van der Waals surface area contributed by atoms with Gasteiger partial charge in [-0.2, -0.15) is 4.31 Å². The van der Waals surface area contributed by atoms with Gasteiger partial charge >= 0.3 is 0 Å². The van der Waals surface area contributed by atoms with E-state index in [-0.39, 0.29) is 24.4 Å². The van der Waals surface area contributed by atoms with Gasteiger partial charge in [0.1, 0.15) is 0 Å². The lowest BCUT2D eigenvalue weighted by Crippen LogP contribution is -2.33. The number of primary amides is 1. The van der Waals surface area contributed by atoms with Crippen LogP contribution in [0.25, 0.3) is 0 Å². The Morgan fingerprint density at radius 3 is 2.29 bits per heavy atom. The molecule has 1 amide bonds. The number of nitrogens with zero attached hydrogens (tertiary/aromatic N) is 1. The molecule has 0 saturated heterocycles. The predicted molar refractivity (Wildman–Crippen MR) is 93.8 cm³/mol. The molecule has 0 atom stereocenters. The van der Waals surface area contributed by atoms with E-state index in [4.69, 9.17) is 5.73 Å². The maximum absolute atomic E-state index is 13.0. The molecule has 5 nitrogen and oxygen atoms in total. The fourth-order valence-electron chi connectivity index (χ4n) is 2.33. The van der Waals surface area contributed by atoms with E-state index in [1.165, 1.54) is 4.31 Å². The minimum atomic E-state index is -3.71. The van der Waals surface area contributed by atoms with Crippen LogP contribution in [-0.4, -0.2) is 25.2 Å². The van der Waals surface area contributed by atoms with Crippen LogP contribution in [-0.2, 0) is 21.4 Å². The number of aryl methyl sites for hydroxylation is 2. The highest BCUT2D eigenvalue weighted by Crippen LogP contribution is 2.21. The summed E-state index contributed by atoms with van der Waals surface area (Å²) in [5.74, 6) is -0.525. The van der Waals surface area contributed by atoms with Gasteiger partial charge in [0, 0.05) is 19.5 Å². The quantitative estimate of drug-likeness (QED) is 0.836. The number of rotatable bonds is 7. The zero-order valence-electron chi connectivity index (χ0n) is 13.9. The molecule has 2 aromatic rings. The SMILES string of the molecule is Cc1ccc(S(=O)(=O)N(CCC(N)=O)Cc2ccccc2)cc1C. The maximum atomic E-state index is 13.0. The lowest BCUT2D eigenvalue weighted by atomic mass is 10.1. The Kier molecular flexibility index (Phi) is 5.75. The fraction of sp³-hybridized carbons (Fsp3) is 0.278. The lowest BCUT2D eigenvalue weighted by molar-refractivity contribution is -0.118. The molecule has 0 saturated carbocycles. The highest BCUT2D eigenvalue weighted by molar-refractivity contribution is 7.89. The second-order valence-corrected chi connectivity index (χ2v) is 7.72. The van der Waals surface area contributed by atoms with Crippen molar-refractivity contribution in [3.8, 4) is 0 Å². The molecule has 0 aliphatic heterocycles. The van der Waals surface area contributed by atoms with Crippen LogP contribution in [0.5, 0.6) is 0 Å². The third-order valence-electron chi connectivity index (χ3n) is 3.93. The minimum absolute atomic E-state index is 0.0170. The average Bonchev–Trinajstić information content (AvgIpc) is 2.54. The number of sulfonamides is 1. The molecule has 0 fully saturated rings. The lowest BCUT2D eigenvalue weighted by Gasteiger charge is -2.22. The topological polar surface area (TPSA) is 80.5 Å². The molecule has 0 radical (unpaired) electrons. The zero-order valence-corrected chi connectivity index (χ0v) is 14.7. The summed E-state index contributed by atoms with van der Waals surface area (Å²) in [5.41, 5.74) is 7.99. The van der Waals surface area contributed by atoms with E-state index in [1.807, 2.05) is 44.2 Å². The van der Waals surface area contributed by atoms with Crippen LogP contribution in [0.4, 0.5) is 0 Å². The molecule has 24 heavy (non-hydrogen) atoms. The van der Waals surface area contributed by atoms with E-state index in [9.17, 15) is 13.2 Å². The molecule has 0 aliphatic rings. The second kappa shape index (κ2) is 7.59. The smallest absolute Gasteiger partial charge is 0.243 e. The summed E-state index contributed by atoms with van der Waals surface area (Å²) in [6, 6.07) is 14.3. The Morgan fingerprint density at radius 2 is 1.71 bits per heavy atom. The first-order valence-corrected chi connectivity index (χ1v) is 9.14. The van der Waals surface area contributed by atoms with E-state index in [1.54, 1.807) is 18.2 Å². The number of hydrogen-bond acceptors (Lipinski definition) is 3. The molecule has 0 spiro atoms. The summed E-state index contributed by atoms with van der Waals surface area (Å²) in [5, 5.41) is 0. The number of hydrogen-bond donors (Lipinski definition) is 1. The molecule has 6 heteroatoms.